The van der Waals surface area contributed by atoms with Crippen LogP contribution in [0.25, 0.3) is 0 Å². The third-order valence-corrected chi connectivity index (χ3v) is 2.42. The number of piperidine rings is 1. The first-order valence-electron chi connectivity index (χ1n) is 4.30. The van der Waals surface area contributed by atoms with Crippen LogP contribution in [-0.4, -0.2) is 23.8 Å². The second-order valence-corrected chi connectivity index (χ2v) is 3.32. The number of rotatable bonds is 3. The Morgan fingerprint density at radius 2 is 2.36 bits per heavy atom. The lowest BCUT2D eigenvalue weighted by molar-refractivity contribution is 0.134. The number of aliphatic hydroxyl groups excluding tert-OH is 1. The zero-order valence-electron chi connectivity index (χ0n) is 6.97. The fourth-order valence-corrected chi connectivity index (χ4v) is 1.68. The van der Waals surface area contributed by atoms with E-state index in [2.05, 4.69) is 11.9 Å². The minimum absolute atomic E-state index is 0.0417. The van der Waals surface area contributed by atoms with Crippen LogP contribution in [0, 0.1) is 0 Å². The zero-order valence-corrected chi connectivity index (χ0v) is 6.97. The second kappa shape index (κ2) is 3.88. The molecule has 1 heterocycles. The Kier molecular flexibility index (Phi) is 3.09. The Morgan fingerprint density at radius 3 is 2.82 bits per heavy atom. The van der Waals surface area contributed by atoms with Gasteiger partial charge in [0.05, 0.1) is 6.61 Å². The Balaban J connectivity index is 2.49. The lowest BCUT2D eigenvalue weighted by atomic mass is 9.87. The quantitative estimate of drug-likeness (QED) is 0.597. The highest BCUT2D eigenvalue weighted by Crippen LogP contribution is 2.22. The zero-order chi connectivity index (χ0) is 8.16. The van der Waals surface area contributed by atoms with E-state index in [9.17, 15) is 0 Å². The lowest BCUT2D eigenvalue weighted by Gasteiger charge is -2.36. The first kappa shape index (κ1) is 8.75. The molecule has 1 aliphatic rings. The maximum absolute atomic E-state index is 9.16. The third kappa shape index (κ3) is 2.04. The molecule has 0 aromatic carbocycles. The van der Waals surface area contributed by atoms with E-state index in [1.54, 1.807) is 0 Å². The van der Waals surface area contributed by atoms with Crippen LogP contribution < -0.4 is 5.32 Å². The molecule has 2 nitrogen and oxygen atoms in total. The van der Waals surface area contributed by atoms with E-state index >= 15 is 0 Å². The summed E-state index contributed by atoms with van der Waals surface area (Å²) < 4.78 is 0. The molecular formula is C9H17NO. The average Bonchev–Trinajstić information content (AvgIpc) is 2.07. The first-order chi connectivity index (χ1) is 5.33. The Labute approximate surface area is 68.3 Å². The van der Waals surface area contributed by atoms with Crippen LogP contribution in [0.15, 0.2) is 12.7 Å². The summed E-state index contributed by atoms with van der Waals surface area (Å²) in [6.45, 7) is 4.97. The smallest absolute Gasteiger partial charge is 0.0616 e. The summed E-state index contributed by atoms with van der Waals surface area (Å²) in [6, 6.07) is 0. The van der Waals surface area contributed by atoms with Crippen molar-refractivity contribution in [2.45, 2.75) is 31.2 Å². The van der Waals surface area contributed by atoms with E-state index in [1.807, 2.05) is 6.08 Å². The van der Waals surface area contributed by atoms with Crippen molar-refractivity contribution >= 4 is 0 Å². The van der Waals surface area contributed by atoms with Crippen molar-refractivity contribution in [1.29, 1.82) is 0 Å². The van der Waals surface area contributed by atoms with Gasteiger partial charge < -0.3 is 10.4 Å². The molecule has 0 saturated carbocycles. The average molecular weight is 155 g/mol. The molecule has 1 aliphatic heterocycles. The molecule has 1 saturated heterocycles. The monoisotopic (exact) mass is 155 g/mol. The Hall–Kier alpha value is -0.340. The lowest BCUT2D eigenvalue weighted by Crippen LogP contribution is -2.51. The summed E-state index contributed by atoms with van der Waals surface area (Å²) in [7, 11) is 0. The van der Waals surface area contributed by atoms with Gasteiger partial charge in [-0.1, -0.05) is 12.5 Å². The normalized spacial score (nSPS) is 31.7. The van der Waals surface area contributed by atoms with Crippen LogP contribution >= 0.6 is 0 Å². The SMILES string of the molecule is C=CCC1(CO)CCCCN1. The van der Waals surface area contributed by atoms with E-state index in [0.717, 1.165) is 19.4 Å². The summed E-state index contributed by atoms with van der Waals surface area (Å²) >= 11 is 0. The number of nitrogens with one attached hydrogen (secondary N) is 1. The van der Waals surface area contributed by atoms with E-state index in [4.69, 9.17) is 5.11 Å². The summed E-state index contributed by atoms with van der Waals surface area (Å²) in [5.74, 6) is 0. The van der Waals surface area contributed by atoms with Crippen LogP contribution in [0.5, 0.6) is 0 Å². The van der Waals surface area contributed by atoms with Gasteiger partial charge in [-0.15, -0.1) is 6.58 Å². The van der Waals surface area contributed by atoms with Crippen molar-refractivity contribution in [2.24, 2.45) is 0 Å². The fourth-order valence-electron chi connectivity index (χ4n) is 1.68. The van der Waals surface area contributed by atoms with Crippen LogP contribution in [0.3, 0.4) is 0 Å². The number of aliphatic hydroxyl groups is 1. The molecule has 0 radical (unpaired) electrons. The molecule has 1 atom stereocenters. The summed E-state index contributed by atoms with van der Waals surface area (Å²) in [4.78, 5) is 0. The van der Waals surface area contributed by atoms with Crippen molar-refractivity contribution in [3.63, 3.8) is 0 Å². The highest BCUT2D eigenvalue weighted by atomic mass is 16.3. The van der Waals surface area contributed by atoms with Crippen molar-refractivity contribution in [3.05, 3.63) is 12.7 Å². The molecule has 0 amide bonds. The molecular weight excluding hydrogens is 138 g/mol. The second-order valence-electron chi connectivity index (χ2n) is 3.32. The van der Waals surface area contributed by atoms with Crippen LogP contribution in [0.2, 0.25) is 0 Å². The Bertz CT molecular complexity index is 128. The van der Waals surface area contributed by atoms with Crippen LogP contribution in [0.4, 0.5) is 0 Å². The topological polar surface area (TPSA) is 32.3 Å². The van der Waals surface area contributed by atoms with Crippen molar-refractivity contribution < 1.29 is 5.11 Å². The first-order valence-corrected chi connectivity index (χ1v) is 4.30. The minimum Gasteiger partial charge on any atom is -0.394 e. The summed E-state index contributed by atoms with van der Waals surface area (Å²) in [6.07, 6.45) is 6.30. The van der Waals surface area contributed by atoms with Gasteiger partial charge in [0, 0.05) is 5.54 Å². The Morgan fingerprint density at radius 1 is 1.55 bits per heavy atom. The van der Waals surface area contributed by atoms with E-state index < -0.39 is 0 Å². The molecule has 1 fully saturated rings. The molecule has 0 spiro atoms. The van der Waals surface area contributed by atoms with Gasteiger partial charge >= 0.3 is 0 Å². The molecule has 0 aromatic rings. The van der Waals surface area contributed by atoms with Gasteiger partial charge in [-0.2, -0.15) is 0 Å². The number of hydrogen-bond acceptors (Lipinski definition) is 2. The molecule has 0 bridgehead atoms. The van der Waals surface area contributed by atoms with Crippen molar-refractivity contribution in [3.8, 4) is 0 Å². The van der Waals surface area contributed by atoms with Crippen molar-refractivity contribution in [2.75, 3.05) is 13.2 Å². The van der Waals surface area contributed by atoms with Gasteiger partial charge in [0.25, 0.3) is 0 Å². The molecule has 0 aliphatic carbocycles. The molecule has 2 N–H and O–H groups in total. The van der Waals surface area contributed by atoms with Crippen LogP contribution in [0.1, 0.15) is 25.7 Å². The standard InChI is InChI=1S/C9H17NO/c1-2-5-9(8-11)6-3-4-7-10-9/h2,10-11H,1,3-8H2. The highest BCUT2D eigenvalue weighted by molar-refractivity contribution is 4.95. The fraction of sp³-hybridized carbons (Fsp3) is 0.778. The van der Waals surface area contributed by atoms with Gasteiger partial charge in [-0.3, -0.25) is 0 Å². The number of hydrogen-bond donors (Lipinski definition) is 2. The highest BCUT2D eigenvalue weighted by Gasteiger charge is 2.28. The van der Waals surface area contributed by atoms with Gasteiger partial charge in [-0.05, 0) is 25.8 Å². The summed E-state index contributed by atoms with van der Waals surface area (Å²) in [5, 5.41) is 12.5. The third-order valence-electron chi connectivity index (χ3n) is 2.42. The predicted molar refractivity (Wildman–Crippen MR) is 46.5 cm³/mol. The van der Waals surface area contributed by atoms with Gasteiger partial charge in [0.15, 0.2) is 0 Å². The minimum atomic E-state index is -0.0417. The molecule has 0 aromatic heterocycles. The maximum atomic E-state index is 9.16. The maximum Gasteiger partial charge on any atom is 0.0616 e. The van der Waals surface area contributed by atoms with Gasteiger partial charge in [-0.25, -0.2) is 0 Å². The molecule has 1 rings (SSSR count). The molecule has 64 valence electrons. The predicted octanol–water partition coefficient (Wildman–Crippen LogP) is 1.07. The van der Waals surface area contributed by atoms with E-state index in [1.165, 1.54) is 12.8 Å². The van der Waals surface area contributed by atoms with Gasteiger partial charge in [0.2, 0.25) is 0 Å². The summed E-state index contributed by atoms with van der Waals surface area (Å²) in [5.41, 5.74) is -0.0417. The van der Waals surface area contributed by atoms with E-state index in [-0.39, 0.29) is 12.1 Å². The molecule has 2 heteroatoms. The van der Waals surface area contributed by atoms with E-state index in [0.29, 0.717) is 0 Å². The molecule has 11 heavy (non-hydrogen) atoms. The van der Waals surface area contributed by atoms with Gasteiger partial charge in [0.1, 0.15) is 0 Å². The molecule has 1 unspecified atom stereocenters. The van der Waals surface area contributed by atoms with Crippen LogP contribution in [-0.2, 0) is 0 Å². The largest absolute Gasteiger partial charge is 0.394 e. The van der Waals surface area contributed by atoms with Crippen molar-refractivity contribution in [1.82, 2.24) is 5.32 Å².